The van der Waals surface area contributed by atoms with Gasteiger partial charge < -0.3 is 15.2 Å². The van der Waals surface area contributed by atoms with Crippen molar-refractivity contribution in [3.05, 3.63) is 58.8 Å². The lowest BCUT2D eigenvalue weighted by atomic mass is 10.0. The fourth-order valence-corrected chi connectivity index (χ4v) is 5.21. The molecule has 6 nitrogen and oxygen atoms in total. The van der Waals surface area contributed by atoms with Crippen molar-refractivity contribution in [1.82, 2.24) is 9.97 Å². The maximum absolute atomic E-state index is 6.18. The van der Waals surface area contributed by atoms with Crippen molar-refractivity contribution in [2.45, 2.75) is 17.7 Å². The molecule has 144 valence electrons. The van der Waals surface area contributed by atoms with Gasteiger partial charge in [0.1, 0.15) is 6.33 Å². The highest BCUT2D eigenvalue weighted by Gasteiger charge is 2.27. The molecule has 0 saturated carbocycles. The van der Waals surface area contributed by atoms with Crippen molar-refractivity contribution < 1.29 is 9.47 Å². The summed E-state index contributed by atoms with van der Waals surface area (Å²) in [7, 11) is 3.29. The van der Waals surface area contributed by atoms with E-state index < -0.39 is 0 Å². The summed E-state index contributed by atoms with van der Waals surface area (Å²) in [6.07, 6.45) is 6.04. The molecular weight excluding hydrogens is 392 g/mol. The Morgan fingerprint density at radius 2 is 1.82 bits per heavy atom. The predicted octanol–water partition coefficient (Wildman–Crippen LogP) is 4.46. The summed E-state index contributed by atoms with van der Waals surface area (Å²) in [6.45, 7) is 0. The van der Waals surface area contributed by atoms with Crippen LogP contribution >= 0.6 is 23.1 Å². The third kappa shape index (κ3) is 3.83. The van der Waals surface area contributed by atoms with Gasteiger partial charge in [0.25, 0.3) is 0 Å². The standard InChI is InChI=1S/C20H20N4O2S2/c1-25-16-4-3-12(5-17(16)26-2)18-7-15(24-20(21)28-18)19-6-13(10-27-19)14-8-22-11-23-9-14/h3-6,8-11,15,18H,7H2,1-2H3,(H2,21,24)/t15-,18-/m0/s1. The lowest BCUT2D eigenvalue weighted by Crippen LogP contribution is -2.18. The third-order valence-corrected chi connectivity index (χ3v) is 6.73. The van der Waals surface area contributed by atoms with Gasteiger partial charge in [-0.15, -0.1) is 11.3 Å². The molecule has 0 saturated heterocycles. The number of amidine groups is 1. The van der Waals surface area contributed by atoms with Crippen LogP contribution in [0.25, 0.3) is 11.1 Å². The van der Waals surface area contributed by atoms with Crippen molar-refractivity contribution >= 4 is 28.3 Å². The Kier molecular flexibility index (Phi) is 5.50. The number of rotatable bonds is 5. The molecule has 2 aromatic heterocycles. The molecule has 4 rings (SSSR count). The van der Waals surface area contributed by atoms with Crippen LogP contribution in [0, 0.1) is 0 Å². The highest BCUT2D eigenvalue weighted by atomic mass is 32.2. The minimum atomic E-state index is 0.0303. The first kappa shape index (κ1) is 18.8. The van der Waals surface area contributed by atoms with Gasteiger partial charge in [-0.25, -0.2) is 9.97 Å². The van der Waals surface area contributed by atoms with E-state index in [2.05, 4.69) is 27.5 Å². The lowest BCUT2D eigenvalue weighted by molar-refractivity contribution is 0.354. The first-order chi connectivity index (χ1) is 13.7. The van der Waals surface area contributed by atoms with Gasteiger partial charge in [0.15, 0.2) is 16.7 Å². The minimum absolute atomic E-state index is 0.0303. The monoisotopic (exact) mass is 412 g/mol. The molecule has 1 aliphatic rings. The summed E-state index contributed by atoms with van der Waals surface area (Å²) in [5, 5.41) is 2.93. The van der Waals surface area contributed by atoms with E-state index in [9.17, 15) is 0 Å². The van der Waals surface area contributed by atoms with E-state index >= 15 is 0 Å². The molecule has 2 atom stereocenters. The average Bonchev–Trinajstić information content (AvgIpc) is 3.24. The van der Waals surface area contributed by atoms with Gasteiger partial charge in [-0.2, -0.15) is 0 Å². The number of thiophene rings is 1. The van der Waals surface area contributed by atoms with Crippen LogP contribution in [0.4, 0.5) is 0 Å². The Bertz CT molecular complexity index is 991. The van der Waals surface area contributed by atoms with E-state index in [1.54, 1.807) is 37.3 Å². The molecule has 0 fully saturated rings. The van der Waals surface area contributed by atoms with Crippen LogP contribution in [-0.4, -0.2) is 29.4 Å². The van der Waals surface area contributed by atoms with Gasteiger partial charge in [-0.3, -0.25) is 4.99 Å². The highest BCUT2D eigenvalue weighted by molar-refractivity contribution is 8.14. The van der Waals surface area contributed by atoms with Crippen LogP contribution in [0.3, 0.4) is 0 Å². The summed E-state index contributed by atoms with van der Waals surface area (Å²) in [5.74, 6) is 1.44. The zero-order valence-electron chi connectivity index (χ0n) is 15.5. The summed E-state index contributed by atoms with van der Waals surface area (Å²) in [5.41, 5.74) is 9.44. The normalized spacial score (nSPS) is 19.1. The first-order valence-electron chi connectivity index (χ1n) is 8.73. The fraction of sp³-hybridized carbons (Fsp3) is 0.250. The number of aromatic nitrogens is 2. The van der Waals surface area contributed by atoms with Gasteiger partial charge in [0, 0.05) is 28.1 Å². The molecule has 0 radical (unpaired) electrons. The van der Waals surface area contributed by atoms with Crippen molar-refractivity contribution in [3.8, 4) is 22.6 Å². The number of methoxy groups -OCH3 is 2. The number of nitrogens with two attached hydrogens (primary N) is 1. The largest absolute Gasteiger partial charge is 0.493 e. The van der Waals surface area contributed by atoms with E-state index in [0.717, 1.165) is 34.6 Å². The van der Waals surface area contributed by atoms with Crippen molar-refractivity contribution in [2.75, 3.05) is 14.2 Å². The second kappa shape index (κ2) is 8.20. The van der Waals surface area contributed by atoms with E-state index in [0.29, 0.717) is 5.17 Å². The Morgan fingerprint density at radius 1 is 1.04 bits per heavy atom. The molecule has 1 aromatic carbocycles. The zero-order chi connectivity index (χ0) is 19.5. The second-order valence-electron chi connectivity index (χ2n) is 6.30. The number of nitrogens with zero attached hydrogens (tertiary/aromatic N) is 3. The van der Waals surface area contributed by atoms with Gasteiger partial charge >= 0.3 is 0 Å². The van der Waals surface area contributed by atoms with Gasteiger partial charge in [0.2, 0.25) is 0 Å². The molecule has 2 N–H and O–H groups in total. The Labute approximate surface area is 171 Å². The molecule has 8 heteroatoms. The maximum atomic E-state index is 6.18. The van der Waals surface area contributed by atoms with Crippen molar-refractivity contribution in [3.63, 3.8) is 0 Å². The minimum Gasteiger partial charge on any atom is -0.493 e. The van der Waals surface area contributed by atoms with Crippen LogP contribution in [0.2, 0.25) is 0 Å². The molecule has 28 heavy (non-hydrogen) atoms. The van der Waals surface area contributed by atoms with Crippen LogP contribution in [-0.2, 0) is 0 Å². The Balaban J connectivity index is 1.59. The quantitative estimate of drug-likeness (QED) is 0.666. The van der Waals surface area contributed by atoms with E-state index in [4.69, 9.17) is 20.2 Å². The Morgan fingerprint density at radius 3 is 2.57 bits per heavy atom. The molecule has 0 amide bonds. The summed E-state index contributed by atoms with van der Waals surface area (Å²) < 4.78 is 10.8. The number of hydrogen-bond donors (Lipinski definition) is 1. The number of benzene rings is 1. The van der Waals surface area contributed by atoms with Crippen LogP contribution in [0.1, 0.15) is 28.2 Å². The van der Waals surface area contributed by atoms with Gasteiger partial charge in [-0.05, 0) is 41.1 Å². The van der Waals surface area contributed by atoms with E-state index in [-0.39, 0.29) is 11.3 Å². The van der Waals surface area contributed by atoms with Gasteiger partial charge in [-0.1, -0.05) is 17.8 Å². The zero-order valence-corrected chi connectivity index (χ0v) is 17.2. The molecule has 3 aromatic rings. The average molecular weight is 413 g/mol. The second-order valence-corrected chi connectivity index (χ2v) is 8.47. The third-order valence-electron chi connectivity index (χ3n) is 4.60. The van der Waals surface area contributed by atoms with Crippen molar-refractivity contribution in [1.29, 1.82) is 0 Å². The SMILES string of the molecule is COc1ccc([C@@H]2C[C@@H](c3cc(-c4cncnc4)cs3)N=C(N)S2)cc1OC. The Hall–Kier alpha value is -2.58. The van der Waals surface area contributed by atoms with E-state index in [1.165, 1.54) is 11.2 Å². The molecule has 3 heterocycles. The summed E-state index contributed by atoms with van der Waals surface area (Å²) in [4.78, 5) is 14.1. The van der Waals surface area contributed by atoms with Crippen LogP contribution < -0.4 is 15.2 Å². The molecule has 0 unspecified atom stereocenters. The fourth-order valence-electron chi connectivity index (χ4n) is 3.20. The summed E-state index contributed by atoms with van der Waals surface area (Å²) >= 11 is 3.28. The van der Waals surface area contributed by atoms with Crippen LogP contribution in [0.15, 0.2) is 53.4 Å². The molecular formula is C20H20N4O2S2. The molecule has 1 aliphatic heterocycles. The predicted molar refractivity (Wildman–Crippen MR) is 114 cm³/mol. The molecule has 0 aliphatic carbocycles. The number of thioether (sulfide) groups is 1. The summed E-state index contributed by atoms with van der Waals surface area (Å²) in [6, 6.07) is 8.21. The topological polar surface area (TPSA) is 82.6 Å². The van der Waals surface area contributed by atoms with E-state index in [1.807, 2.05) is 24.5 Å². The first-order valence-corrected chi connectivity index (χ1v) is 10.5. The molecule has 0 bridgehead atoms. The molecule has 0 spiro atoms. The van der Waals surface area contributed by atoms with Crippen LogP contribution in [0.5, 0.6) is 11.5 Å². The maximum Gasteiger partial charge on any atom is 0.161 e. The van der Waals surface area contributed by atoms with Gasteiger partial charge in [0.05, 0.1) is 20.3 Å². The number of aliphatic imine (C=N–C) groups is 1. The number of ether oxygens (including phenoxy) is 2. The highest BCUT2D eigenvalue weighted by Crippen LogP contribution is 2.46. The smallest absolute Gasteiger partial charge is 0.161 e. The lowest BCUT2D eigenvalue weighted by Gasteiger charge is -2.26. The number of hydrogen-bond acceptors (Lipinski definition) is 8. The van der Waals surface area contributed by atoms with Crippen molar-refractivity contribution in [2.24, 2.45) is 10.7 Å².